The summed E-state index contributed by atoms with van der Waals surface area (Å²) in [5.74, 6) is 1.32. The third-order valence-electron chi connectivity index (χ3n) is 12.9. The average Bonchev–Trinajstić information content (AvgIpc) is 3.44. The molecule has 2 aromatic heterocycles. The van der Waals surface area contributed by atoms with Crippen LogP contribution in [0.4, 0.5) is 0 Å². The van der Waals surface area contributed by atoms with Crippen LogP contribution in [-0.2, 0) is 10.8 Å². The Morgan fingerprint density at radius 1 is 0.393 bits per heavy atom. The number of hydrogen-bond donors (Lipinski definition) is 0. The fraction of sp³-hybridized carbons (Fsp3) is 0.0714. The molecule has 1 unspecified atom stereocenters. The molecule has 61 heavy (non-hydrogen) atoms. The summed E-state index contributed by atoms with van der Waals surface area (Å²) in [5, 5.41) is 0. The lowest BCUT2D eigenvalue weighted by Crippen LogP contribution is -2.35. The molecule has 9 aromatic rings. The molecule has 288 valence electrons. The van der Waals surface area contributed by atoms with Gasteiger partial charge in [0, 0.05) is 49.9 Å². The summed E-state index contributed by atoms with van der Waals surface area (Å²) < 4.78 is 0. The largest absolute Gasteiger partial charge is 0.236 e. The van der Waals surface area contributed by atoms with E-state index in [2.05, 4.69) is 153 Å². The minimum Gasteiger partial charge on any atom is -0.236 e. The fourth-order valence-electron chi connectivity index (χ4n) is 9.97. The van der Waals surface area contributed by atoms with Gasteiger partial charge in [0.25, 0.3) is 0 Å². The van der Waals surface area contributed by atoms with Gasteiger partial charge in [0.1, 0.15) is 0 Å². The Labute approximate surface area is 359 Å². The van der Waals surface area contributed by atoms with Gasteiger partial charge in [-0.05, 0) is 86.0 Å². The van der Waals surface area contributed by atoms with Gasteiger partial charge in [-0.3, -0.25) is 0 Å². The number of nitrogens with zero attached hydrogens (tertiary/aromatic N) is 4. The maximum atomic E-state index is 5.32. The molecule has 0 radical (unpaired) electrons. The van der Waals surface area contributed by atoms with E-state index in [0.717, 1.165) is 39.2 Å². The zero-order chi connectivity index (χ0) is 40.7. The predicted molar refractivity (Wildman–Crippen MR) is 248 cm³/mol. The van der Waals surface area contributed by atoms with Crippen LogP contribution in [0.15, 0.2) is 192 Å². The van der Waals surface area contributed by atoms with Gasteiger partial charge < -0.3 is 0 Å². The summed E-state index contributed by atoms with van der Waals surface area (Å²) in [6.07, 6.45) is 8.33. The molecule has 1 atom stereocenters. The summed E-state index contributed by atoms with van der Waals surface area (Å²) in [6.45, 7) is 4.74. The quantitative estimate of drug-likeness (QED) is 0.177. The van der Waals surface area contributed by atoms with Gasteiger partial charge in [-0.2, -0.15) is 0 Å². The minimum absolute atomic E-state index is 0.120. The molecular weight excluding hydrogens is 761 g/mol. The van der Waals surface area contributed by atoms with Crippen LogP contribution in [0.5, 0.6) is 0 Å². The SMILES string of the molecule is CC1(C)c2ccccc2-c2cc3c(cc21)Sc1ccccc1C31c2ccccc2C=Cc2ccc(-c3nc(-c4ccccc4)cc(-c4cnc(-c5ccccc5)nc4)n3)cc21. The van der Waals surface area contributed by atoms with E-state index in [-0.39, 0.29) is 5.41 Å². The molecule has 0 bridgehead atoms. The van der Waals surface area contributed by atoms with Crippen molar-refractivity contribution in [3.8, 4) is 56.4 Å². The molecule has 0 amide bonds. The Morgan fingerprint density at radius 2 is 1.02 bits per heavy atom. The summed E-state index contributed by atoms with van der Waals surface area (Å²) >= 11 is 1.89. The van der Waals surface area contributed by atoms with Crippen molar-refractivity contribution in [1.29, 1.82) is 0 Å². The molecule has 2 aliphatic carbocycles. The minimum atomic E-state index is -0.652. The zero-order valence-electron chi connectivity index (χ0n) is 33.7. The third-order valence-corrected chi connectivity index (χ3v) is 14.0. The standard InChI is InChI=1S/C56H38N4S/c1-55(2)44-22-12-10-20-41(44)42-30-48-52(31-47(42)55)61-51-24-14-13-23-45(51)56(48)43-21-11-9-15-35(43)25-26-36-27-28-39(29-46(36)56)54-59-49(37-16-5-3-6-17-37)32-50(60-54)40-33-57-53(58-34-40)38-18-7-4-8-19-38/h3-34H,1-2H3. The molecule has 7 aromatic carbocycles. The molecule has 0 N–H and O–H groups in total. The van der Waals surface area contributed by atoms with Crippen LogP contribution in [0.2, 0.25) is 0 Å². The van der Waals surface area contributed by atoms with Crippen LogP contribution < -0.4 is 0 Å². The van der Waals surface area contributed by atoms with Crippen molar-refractivity contribution < 1.29 is 0 Å². The van der Waals surface area contributed by atoms with Gasteiger partial charge >= 0.3 is 0 Å². The van der Waals surface area contributed by atoms with Gasteiger partial charge in [0.2, 0.25) is 0 Å². The first-order chi connectivity index (χ1) is 30.0. The Balaban J connectivity index is 1.12. The second-order valence-electron chi connectivity index (χ2n) is 16.6. The van der Waals surface area contributed by atoms with Crippen molar-refractivity contribution in [3.63, 3.8) is 0 Å². The Kier molecular flexibility index (Phi) is 8.00. The normalized spacial score (nSPS) is 16.1. The zero-order valence-corrected chi connectivity index (χ0v) is 34.5. The molecule has 0 fully saturated rings. The number of benzene rings is 7. The summed E-state index contributed by atoms with van der Waals surface area (Å²) in [6, 6.07) is 61.2. The summed E-state index contributed by atoms with van der Waals surface area (Å²) in [5.41, 5.74) is 17.4. The van der Waals surface area contributed by atoms with Gasteiger partial charge in [-0.1, -0.05) is 177 Å². The second kappa shape index (κ2) is 13.7. The van der Waals surface area contributed by atoms with E-state index in [4.69, 9.17) is 19.9 Å². The predicted octanol–water partition coefficient (Wildman–Crippen LogP) is 13.6. The van der Waals surface area contributed by atoms with E-state index < -0.39 is 5.41 Å². The summed E-state index contributed by atoms with van der Waals surface area (Å²) in [7, 11) is 0. The average molecular weight is 799 g/mol. The molecule has 4 nitrogen and oxygen atoms in total. The molecular formula is C56H38N4S. The van der Waals surface area contributed by atoms with Crippen molar-refractivity contribution in [2.24, 2.45) is 0 Å². The fourth-order valence-corrected chi connectivity index (χ4v) is 11.2. The Morgan fingerprint density at radius 3 is 1.79 bits per heavy atom. The molecule has 5 heteroatoms. The van der Waals surface area contributed by atoms with Gasteiger partial charge in [-0.15, -0.1) is 0 Å². The topological polar surface area (TPSA) is 51.6 Å². The van der Waals surface area contributed by atoms with Crippen LogP contribution in [0.3, 0.4) is 0 Å². The third kappa shape index (κ3) is 5.47. The number of hydrogen-bond acceptors (Lipinski definition) is 5. The Bertz CT molecular complexity index is 3250. The molecule has 1 aliphatic heterocycles. The maximum absolute atomic E-state index is 5.32. The van der Waals surface area contributed by atoms with E-state index in [1.165, 1.54) is 59.9 Å². The van der Waals surface area contributed by atoms with Crippen molar-refractivity contribution in [3.05, 3.63) is 227 Å². The molecule has 0 saturated carbocycles. The van der Waals surface area contributed by atoms with E-state index in [1.807, 2.05) is 66.6 Å². The second-order valence-corrected chi connectivity index (χ2v) is 17.7. The van der Waals surface area contributed by atoms with Gasteiger partial charge in [-0.25, -0.2) is 19.9 Å². The first-order valence-electron chi connectivity index (χ1n) is 20.8. The highest BCUT2D eigenvalue weighted by atomic mass is 32.2. The lowest BCUT2D eigenvalue weighted by molar-refractivity contribution is 0.652. The van der Waals surface area contributed by atoms with Gasteiger partial charge in [0.05, 0.1) is 16.8 Å². The first-order valence-corrected chi connectivity index (χ1v) is 21.6. The smallest absolute Gasteiger partial charge is 0.160 e. The van der Waals surface area contributed by atoms with Crippen molar-refractivity contribution in [2.45, 2.75) is 34.5 Å². The van der Waals surface area contributed by atoms with E-state index in [9.17, 15) is 0 Å². The number of rotatable bonds is 4. The van der Waals surface area contributed by atoms with Crippen LogP contribution >= 0.6 is 11.8 Å². The lowest BCUT2D eigenvalue weighted by Gasteiger charge is -2.43. The van der Waals surface area contributed by atoms with Crippen LogP contribution in [-0.4, -0.2) is 19.9 Å². The van der Waals surface area contributed by atoms with Crippen LogP contribution in [0.25, 0.3) is 68.6 Å². The number of fused-ring (bicyclic) bond motifs is 11. The highest BCUT2D eigenvalue weighted by Crippen LogP contribution is 2.61. The highest BCUT2D eigenvalue weighted by molar-refractivity contribution is 7.99. The molecule has 12 rings (SSSR count). The van der Waals surface area contributed by atoms with Crippen LogP contribution in [0, 0.1) is 0 Å². The lowest BCUT2D eigenvalue weighted by atomic mass is 9.62. The highest BCUT2D eigenvalue weighted by Gasteiger charge is 2.49. The van der Waals surface area contributed by atoms with Crippen molar-refractivity contribution in [2.75, 3.05) is 0 Å². The van der Waals surface area contributed by atoms with E-state index in [0.29, 0.717) is 11.6 Å². The van der Waals surface area contributed by atoms with Crippen LogP contribution in [0.1, 0.15) is 58.4 Å². The number of aromatic nitrogens is 4. The van der Waals surface area contributed by atoms with Crippen molar-refractivity contribution in [1.82, 2.24) is 19.9 Å². The summed E-state index contributed by atoms with van der Waals surface area (Å²) in [4.78, 5) is 22.8. The van der Waals surface area contributed by atoms with Crippen molar-refractivity contribution >= 4 is 23.9 Å². The Hall–Kier alpha value is -7.21. The molecule has 1 spiro atoms. The maximum Gasteiger partial charge on any atom is 0.160 e. The molecule has 0 saturated heterocycles. The monoisotopic (exact) mass is 798 g/mol. The molecule has 3 aliphatic rings. The van der Waals surface area contributed by atoms with E-state index in [1.54, 1.807) is 0 Å². The van der Waals surface area contributed by atoms with E-state index >= 15 is 0 Å². The van der Waals surface area contributed by atoms with Gasteiger partial charge in [0.15, 0.2) is 11.6 Å². The molecule has 3 heterocycles. The first kappa shape index (κ1) is 35.7.